The van der Waals surface area contributed by atoms with Gasteiger partial charge in [-0.15, -0.1) is 0 Å². The first-order valence-electron chi connectivity index (χ1n) is 6.54. The van der Waals surface area contributed by atoms with Gasteiger partial charge in [0, 0.05) is 17.7 Å². The van der Waals surface area contributed by atoms with Crippen molar-refractivity contribution in [3.63, 3.8) is 0 Å². The smallest absolute Gasteiger partial charge is 0.248 e. The molecule has 0 saturated carbocycles. The fourth-order valence-corrected chi connectivity index (χ4v) is 1.95. The minimum Gasteiger partial charge on any atom is -0.489 e. The number of hydrogen-bond donors (Lipinski definition) is 2. The molecule has 21 heavy (non-hydrogen) atoms. The van der Waals surface area contributed by atoms with Crippen LogP contribution in [0.15, 0.2) is 42.5 Å². The van der Waals surface area contributed by atoms with E-state index in [1.54, 1.807) is 6.07 Å². The van der Waals surface area contributed by atoms with E-state index in [1.165, 1.54) is 18.2 Å². The zero-order valence-corrected chi connectivity index (χ0v) is 11.7. The molecule has 2 aromatic rings. The molecule has 2 rings (SSSR count). The first-order chi connectivity index (χ1) is 10.1. The Morgan fingerprint density at radius 3 is 2.81 bits per heavy atom. The van der Waals surface area contributed by atoms with Crippen LogP contribution in [-0.2, 0) is 13.2 Å². The fraction of sp³-hybridized carbons (Fsp3) is 0.188. The predicted octanol–water partition coefficient (Wildman–Crippen LogP) is 2.22. The van der Waals surface area contributed by atoms with Crippen molar-refractivity contribution in [2.75, 3.05) is 7.05 Å². The molecule has 0 bridgehead atoms. The first kappa shape index (κ1) is 15.0. The average Bonchev–Trinajstić information content (AvgIpc) is 2.47. The van der Waals surface area contributed by atoms with Gasteiger partial charge in [0.1, 0.15) is 18.2 Å². The molecule has 0 aliphatic heterocycles. The molecule has 5 heteroatoms. The highest BCUT2D eigenvalue weighted by Crippen LogP contribution is 2.17. The molecule has 4 nitrogen and oxygen atoms in total. The molecular formula is C16H17FN2O2. The molecule has 0 heterocycles. The molecule has 2 aromatic carbocycles. The van der Waals surface area contributed by atoms with Crippen molar-refractivity contribution in [2.24, 2.45) is 5.73 Å². The number of rotatable bonds is 6. The first-order valence-corrected chi connectivity index (χ1v) is 6.54. The zero-order valence-electron chi connectivity index (χ0n) is 11.7. The molecule has 110 valence electrons. The number of halogens is 1. The molecule has 0 radical (unpaired) electrons. The fourth-order valence-electron chi connectivity index (χ4n) is 1.95. The van der Waals surface area contributed by atoms with Crippen molar-refractivity contribution in [2.45, 2.75) is 13.2 Å². The van der Waals surface area contributed by atoms with Gasteiger partial charge in [-0.25, -0.2) is 4.39 Å². The minimum atomic E-state index is -0.590. The minimum absolute atomic E-state index is 0.0377. The average molecular weight is 288 g/mol. The van der Waals surface area contributed by atoms with E-state index in [0.717, 1.165) is 12.1 Å². The summed E-state index contributed by atoms with van der Waals surface area (Å²) in [6.45, 7) is 0.763. The Balaban J connectivity index is 2.10. The second-order valence-corrected chi connectivity index (χ2v) is 4.64. The maximum Gasteiger partial charge on any atom is 0.248 e. The van der Waals surface area contributed by atoms with Gasteiger partial charge in [0.25, 0.3) is 0 Å². The lowest BCUT2D eigenvalue weighted by molar-refractivity contribution is 0.1000. The van der Waals surface area contributed by atoms with Crippen LogP contribution in [0.5, 0.6) is 5.75 Å². The Bertz CT molecular complexity index is 644. The summed E-state index contributed by atoms with van der Waals surface area (Å²) in [5.74, 6) is -0.370. The maximum atomic E-state index is 13.7. The molecule has 0 spiro atoms. The molecule has 0 aliphatic carbocycles. The van der Waals surface area contributed by atoms with E-state index >= 15 is 0 Å². The zero-order chi connectivity index (χ0) is 15.2. The highest BCUT2D eigenvalue weighted by Gasteiger charge is 2.08. The summed E-state index contributed by atoms with van der Waals surface area (Å²) in [6, 6.07) is 11.5. The van der Waals surface area contributed by atoms with Crippen LogP contribution in [-0.4, -0.2) is 13.0 Å². The highest BCUT2D eigenvalue weighted by atomic mass is 19.1. The molecule has 0 saturated heterocycles. The Labute approximate surface area is 122 Å². The summed E-state index contributed by atoms with van der Waals surface area (Å²) >= 11 is 0. The number of amides is 1. The third-order valence-electron chi connectivity index (χ3n) is 3.00. The lowest BCUT2D eigenvalue weighted by atomic mass is 10.1. The monoisotopic (exact) mass is 288 g/mol. The summed E-state index contributed by atoms with van der Waals surface area (Å²) in [5, 5.41) is 3.05. The number of primary amides is 1. The van der Waals surface area contributed by atoms with Crippen LogP contribution >= 0.6 is 0 Å². The molecule has 0 fully saturated rings. The third kappa shape index (κ3) is 4.03. The summed E-state index contributed by atoms with van der Waals surface area (Å²) in [4.78, 5) is 11.1. The second-order valence-electron chi connectivity index (χ2n) is 4.64. The van der Waals surface area contributed by atoms with Crippen molar-refractivity contribution in [1.82, 2.24) is 5.32 Å². The number of ether oxygens (including phenoxy) is 1. The van der Waals surface area contributed by atoms with E-state index < -0.39 is 11.7 Å². The molecular weight excluding hydrogens is 271 g/mol. The normalized spacial score (nSPS) is 10.4. The molecule has 3 N–H and O–H groups in total. The van der Waals surface area contributed by atoms with E-state index in [2.05, 4.69) is 5.32 Å². The molecule has 0 aromatic heterocycles. The number of nitrogens with one attached hydrogen (secondary N) is 1. The Kier molecular flexibility index (Phi) is 4.90. The van der Waals surface area contributed by atoms with Gasteiger partial charge in [-0.3, -0.25) is 4.79 Å². The summed E-state index contributed by atoms with van der Waals surface area (Å²) in [5.41, 5.74) is 6.81. The van der Waals surface area contributed by atoms with Crippen LogP contribution in [0.2, 0.25) is 0 Å². The molecule has 0 atom stereocenters. The standard InChI is InChI=1S/C16H17FN2O2/c1-19-9-11-3-2-4-14(7-11)21-10-13-8-12(16(18)20)5-6-15(13)17/h2-8,19H,9-10H2,1H3,(H2,18,20). The van der Waals surface area contributed by atoms with E-state index in [1.807, 2.05) is 25.2 Å². The van der Waals surface area contributed by atoms with E-state index in [4.69, 9.17) is 10.5 Å². The summed E-state index contributed by atoms with van der Waals surface area (Å²) in [7, 11) is 1.86. The maximum absolute atomic E-state index is 13.7. The lowest BCUT2D eigenvalue weighted by Gasteiger charge is -2.09. The number of carbonyl (C=O) groups is 1. The van der Waals surface area contributed by atoms with Gasteiger partial charge in [0.05, 0.1) is 0 Å². The van der Waals surface area contributed by atoms with Crippen LogP contribution in [0.25, 0.3) is 0 Å². The SMILES string of the molecule is CNCc1cccc(OCc2cc(C(N)=O)ccc2F)c1. The van der Waals surface area contributed by atoms with Crippen molar-refractivity contribution in [1.29, 1.82) is 0 Å². The van der Waals surface area contributed by atoms with Crippen molar-refractivity contribution >= 4 is 5.91 Å². The summed E-state index contributed by atoms with van der Waals surface area (Å²) < 4.78 is 19.3. The Morgan fingerprint density at radius 2 is 2.10 bits per heavy atom. The lowest BCUT2D eigenvalue weighted by Crippen LogP contribution is -2.12. The quantitative estimate of drug-likeness (QED) is 0.856. The van der Waals surface area contributed by atoms with Crippen LogP contribution < -0.4 is 15.8 Å². The second kappa shape index (κ2) is 6.85. The van der Waals surface area contributed by atoms with Gasteiger partial charge in [-0.1, -0.05) is 12.1 Å². The van der Waals surface area contributed by atoms with E-state index in [9.17, 15) is 9.18 Å². The predicted molar refractivity (Wildman–Crippen MR) is 78.5 cm³/mol. The highest BCUT2D eigenvalue weighted by molar-refractivity contribution is 5.92. The van der Waals surface area contributed by atoms with E-state index in [0.29, 0.717) is 11.3 Å². The van der Waals surface area contributed by atoms with E-state index in [-0.39, 0.29) is 12.2 Å². The van der Waals surface area contributed by atoms with Crippen molar-refractivity contribution < 1.29 is 13.9 Å². The van der Waals surface area contributed by atoms with Gasteiger partial charge in [-0.2, -0.15) is 0 Å². The van der Waals surface area contributed by atoms with Crippen LogP contribution in [0.1, 0.15) is 21.5 Å². The Morgan fingerprint density at radius 1 is 1.29 bits per heavy atom. The van der Waals surface area contributed by atoms with Crippen LogP contribution in [0.3, 0.4) is 0 Å². The van der Waals surface area contributed by atoms with Crippen LogP contribution in [0, 0.1) is 5.82 Å². The number of nitrogens with two attached hydrogens (primary N) is 1. The number of benzene rings is 2. The number of hydrogen-bond acceptors (Lipinski definition) is 3. The molecule has 0 unspecified atom stereocenters. The Hall–Kier alpha value is -2.40. The number of carbonyl (C=O) groups excluding carboxylic acids is 1. The van der Waals surface area contributed by atoms with Crippen molar-refractivity contribution in [3.8, 4) is 5.75 Å². The molecule has 0 aliphatic rings. The topological polar surface area (TPSA) is 64.3 Å². The van der Waals surface area contributed by atoms with Gasteiger partial charge in [-0.05, 0) is 42.9 Å². The van der Waals surface area contributed by atoms with Gasteiger partial charge < -0.3 is 15.8 Å². The molecule has 1 amide bonds. The summed E-state index contributed by atoms with van der Waals surface area (Å²) in [6.07, 6.45) is 0. The van der Waals surface area contributed by atoms with Crippen molar-refractivity contribution in [3.05, 3.63) is 65.0 Å². The van der Waals surface area contributed by atoms with Gasteiger partial charge in [0.15, 0.2) is 0 Å². The largest absolute Gasteiger partial charge is 0.489 e. The van der Waals surface area contributed by atoms with Gasteiger partial charge in [0.2, 0.25) is 5.91 Å². The third-order valence-corrected chi connectivity index (χ3v) is 3.00. The van der Waals surface area contributed by atoms with Gasteiger partial charge >= 0.3 is 0 Å². The van der Waals surface area contributed by atoms with Crippen LogP contribution in [0.4, 0.5) is 4.39 Å².